The van der Waals surface area contributed by atoms with Gasteiger partial charge in [-0.1, -0.05) is 11.6 Å². The van der Waals surface area contributed by atoms with E-state index in [-0.39, 0.29) is 46.9 Å². The molecule has 0 radical (unpaired) electrons. The summed E-state index contributed by atoms with van der Waals surface area (Å²) in [4.78, 5) is 25.2. The quantitative estimate of drug-likeness (QED) is 0.506. The lowest BCUT2D eigenvalue weighted by Crippen LogP contribution is -2.42. The molecule has 36 heavy (non-hydrogen) atoms. The van der Waals surface area contributed by atoms with Crippen LogP contribution in [0.25, 0.3) is 11.2 Å². The van der Waals surface area contributed by atoms with E-state index in [4.69, 9.17) is 30.5 Å². The van der Waals surface area contributed by atoms with Crippen LogP contribution in [0.2, 0.25) is 5.02 Å². The first-order chi connectivity index (χ1) is 17.4. The Bertz CT molecular complexity index is 1310. The molecule has 0 aliphatic carbocycles. The maximum atomic E-state index is 14.6. The molecule has 2 aromatic heterocycles. The first-order valence-corrected chi connectivity index (χ1v) is 11.8. The molecule has 0 bridgehead atoms. The number of likely N-dealkylation sites (tertiary alicyclic amines) is 1. The number of aromatic amines is 1. The van der Waals surface area contributed by atoms with Crippen LogP contribution in [0.15, 0.2) is 18.2 Å². The summed E-state index contributed by atoms with van der Waals surface area (Å²) in [5.41, 5.74) is 0.264. The number of aliphatic hydroxyl groups is 1. The topological polar surface area (TPSA) is 119 Å². The first kappa shape index (κ1) is 23.3. The molecule has 3 aliphatic rings. The first-order valence-electron chi connectivity index (χ1n) is 11.4. The van der Waals surface area contributed by atoms with Gasteiger partial charge in [0.1, 0.15) is 41.6 Å². The van der Waals surface area contributed by atoms with Crippen molar-refractivity contribution in [1.29, 1.82) is 0 Å². The second kappa shape index (κ2) is 9.11. The number of aliphatic hydroxyl groups excluding tert-OH is 1. The fraction of sp³-hybridized carbons (Fsp3) is 0.435. The fourth-order valence-corrected chi connectivity index (χ4v) is 4.64. The molecule has 13 heteroatoms. The largest absolute Gasteiger partial charge is 0.471 e. The van der Waals surface area contributed by atoms with Crippen molar-refractivity contribution >= 4 is 28.7 Å². The highest BCUT2D eigenvalue weighted by atomic mass is 35.5. The highest BCUT2D eigenvalue weighted by Crippen LogP contribution is 2.32. The van der Waals surface area contributed by atoms with Gasteiger partial charge in [-0.15, -0.1) is 0 Å². The molecule has 0 saturated carbocycles. The minimum atomic E-state index is -0.900. The number of ether oxygens (including phenoxy) is 4. The van der Waals surface area contributed by atoms with Gasteiger partial charge in [-0.2, -0.15) is 9.97 Å². The molecule has 3 fully saturated rings. The molecular formula is C23H21ClF2N4O6. The van der Waals surface area contributed by atoms with Crippen LogP contribution < -0.4 is 9.47 Å². The molecule has 1 unspecified atom stereocenters. The average Bonchev–Trinajstić information content (AvgIpc) is 3.48. The third kappa shape index (κ3) is 4.13. The number of amides is 1. The summed E-state index contributed by atoms with van der Waals surface area (Å²) in [5.74, 6) is -2.28. The van der Waals surface area contributed by atoms with Gasteiger partial charge in [0.15, 0.2) is 11.8 Å². The molecular weight excluding hydrogens is 502 g/mol. The zero-order valence-electron chi connectivity index (χ0n) is 18.7. The Labute approximate surface area is 208 Å². The third-order valence-electron chi connectivity index (χ3n) is 6.50. The Kier molecular flexibility index (Phi) is 5.91. The fourth-order valence-electron chi connectivity index (χ4n) is 4.43. The number of imidazole rings is 1. The van der Waals surface area contributed by atoms with Crippen LogP contribution in [-0.4, -0.2) is 81.6 Å². The van der Waals surface area contributed by atoms with Crippen LogP contribution >= 0.6 is 11.6 Å². The van der Waals surface area contributed by atoms with Gasteiger partial charge in [0, 0.05) is 18.7 Å². The van der Waals surface area contributed by atoms with Crippen LogP contribution in [0.5, 0.6) is 11.9 Å². The molecule has 3 aliphatic heterocycles. The highest BCUT2D eigenvalue weighted by molar-refractivity contribution is 6.32. The van der Waals surface area contributed by atoms with Crippen LogP contribution in [0.3, 0.4) is 0 Å². The van der Waals surface area contributed by atoms with E-state index in [9.17, 15) is 18.7 Å². The van der Waals surface area contributed by atoms with Gasteiger partial charge in [-0.3, -0.25) is 4.79 Å². The predicted molar refractivity (Wildman–Crippen MR) is 120 cm³/mol. The van der Waals surface area contributed by atoms with E-state index in [0.717, 1.165) is 18.6 Å². The van der Waals surface area contributed by atoms with Crippen molar-refractivity contribution in [3.05, 3.63) is 46.0 Å². The zero-order valence-corrected chi connectivity index (χ0v) is 19.5. The zero-order chi connectivity index (χ0) is 25.0. The Morgan fingerprint density at radius 1 is 1.17 bits per heavy atom. The van der Waals surface area contributed by atoms with Gasteiger partial charge >= 0.3 is 0 Å². The number of halogens is 3. The van der Waals surface area contributed by atoms with E-state index in [2.05, 4.69) is 15.0 Å². The number of H-pyrrole nitrogens is 1. The Morgan fingerprint density at radius 3 is 2.64 bits per heavy atom. The molecule has 2 N–H and O–H groups in total. The Balaban J connectivity index is 1.16. The van der Waals surface area contributed by atoms with Gasteiger partial charge in [0.2, 0.25) is 5.88 Å². The molecule has 3 aromatic rings. The van der Waals surface area contributed by atoms with Crippen molar-refractivity contribution in [3.8, 4) is 11.9 Å². The average molecular weight is 523 g/mol. The molecule has 10 nitrogen and oxygen atoms in total. The number of carbonyl (C=O) groups is 1. The Morgan fingerprint density at radius 2 is 1.92 bits per heavy atom. The van der Waals surface area contributed by atoms with Gasteiger partial charge in [-0.05, 0) is 24.6 Å². The standard InChI is InChI=1S/C23H21ClF2N4O6/c24-12-6-15-20(29-23(27-15)36-17-9-34-18-16(31)8-33-19(17)18)28-21(12)35-7-11-13(25)4-10(5-14(11)26)22(32)30-2-1-3-30/h4-6,16-19,31H,1-3,7-9H2,(H,27,28,29)/t16-,17-,18?,19-/m1/s1. The molecule has 3 saturated heterocycles. The van der Waals surface area contributed by atoms with Crippen molar-refractivity contribution in [2.24, 2.45) is 0 Å². The summed E-state index contributed by atoms with van der Waals surface area (Å²) in [6, 6.07) is 3.65. The number of carbonyl (C=O) groups excluding carboxylic acids is 1. The van der Waals surface area contributed by atoms with Crippen LogP contribution in [-0.2, 0) is 16.1 Å². The number of fused-ring (bicyclic) bond motifs is 2. The number of rotatable bonds is 6. The maximum absolute atomic E-state index is 14.6. The van der Waals surface area contributed by atoms with E-state index >= 15 is 0 Å². The molecule has 1 amide bonds. The number of hydrogen-bond acceptors (Lipinski definition) is 8. The number of nitrogens with one attached hydrogen (secondary N) is 1. The normalized spacial score (nSPS) is 25.2. The van der Waals surface area contributed by atoms with E-state index in [1.807, 2.05) is 0 Å². The third-order valence-corrected chi connectivity index (χ3v) is 6.77. The van der Waals surface area contributed by atoms with Gasteiger partial charge in [0.05, 0.1) is 24.3 Å². The summed E-state index contributed by atoms with van der Waals surface area (Å²) in [6.45, 7) is 1.05. The summed E-state index contributed by atoms with van der Waals surface area (Å²) in [5, 5.41) is 9.96. The molecule has 5 heterocycles. The SMILES string of the molecule is O=C(c1cc(F)c(COc2nc3nc(O[C@@H]4COC5[C@H](O)CO[C@@H]54)[nH]c3cc2Cl)c(F)c1)N1CCC1. The van der Waals surface area contributed by atoms with Gasteiger partial charge in [-0.25, -0.2) is 8.78 Å². The number of aromatic nitrogens is 3. The van der Waals surface area contributed by atoms with Crippen LogP contribution in [0, 0.1) is 11.6 Å². The van der Waals surface area contributed by atoms with Crippen molar-refractivity contribution < 1.29 is 37.6 Å². The van der Waals surface area contributed by atoms with E-state index < -0.39 is 48.6 Å². The number of pyridine rings is 1. The number of nitrogens with zero attached hydrogens (tertiary/aromatic N) is 3. The lowest BCUT2D eigenvalue weighted by atomic mass is 10.1. The summed E-state index contributed by atoms with van der Waals surface area (Å²) < 4.78 is 51.6. The monoisotopic (exact) mass is 522 g/mol. The van der Waals surface area contributed by atoms with Crippen LogP contribution in [0.1, 0.15) is 22.3 Å². The van der Waals surface area contributed by atoms with Gasteiger partial charge < -0.3 is 33.9 Å². The summed E-state index contributed by atoms with van der Waals surface area (Å²) in [7, 11) is 0. The summed E-state index contributed by atoms with van der Waals surface area (Å²) in [6.07, 6.45) is -1.16. The lowest BCUT2D eigenvalue weighted by molar-refractivity contribution is 0.00706. The van der Waals surface area contributed by atoms with E-state index in [0.29, 0.717) is 18.6 Å². The summed E-state index contributed by atoms with van der Waals surface area (Å²) >= 11 is 6.26. The van der Waals surface area contributed by atoms with Crippen molar-refractivity contribution in [3.63, 3.8) is 0 Å². The molecule has 6 rings (SSSR count). The van der Waals surface area contributed by atoms with Crippen molar-refractivity contribution in [1.82, 2.24) is 19.9 Å². The second-order valence-electron chi connectivity index (χ2n) is 8.86. The number of hydrogen-bond donors (Lipinski definition) is 2. The van der Waals surface area contributed by atoms with Crippen LogP contribution in [0.4, 0.5) is 8.78 Å². The molecule has 190 valence electrons. The predicted octanol–water partition coefficient (Wildman–Crippen LogP) is 2.22. The smallest absolute Gasteiger partial charge is 0.296 e. The second-order valence-corrected chi connectivity index (χ2v) is 9.27. The minimum absolute atomic E-state index is 0.0495. The van der Waals surface area contributed by atoms with Crippen molar-refractivity contribution in [2.45, 2.75) is 37.4 Å². The van der Waals surface area contributed by atoms with Crippen molar-refractivity contribution in [2.75, 3.05) is 26.3 Å². The maximum Gasteiger partial charge on any atom is 0.296 e. The minimum Gasteiger partial charge on any atom is -0.471 e. The number of benzene rings is 1. The molecule has 1 aromatic carbocycles. The molecule has 0 spiro atoms. The van der Waals surface area contributed by atoms with E-state index in [1.54, 1.807) is 0 Å². The lowest BCUT2D eigenvalue weighted by Gasteiger charge is -2.31. The van der Waals surface area contributed by atoms with E-state index in [1.165, 1.54) is 11.0 Å². The highest BCUT2D eigenvalue weighted by Gasteiger charge is 2.48. The Hall–Kier alpha value is -3.06. The van der Waals surface area contributed by atoms with Gasteiger partial charge in [0.25, 0.3) is 11.9 Å². The molecule has 4 atom stereocenters.